The van der Waals surface area contributed by atoms with E-state index in [-0.39, 0.29) is 5.91 Å². The van der Waals surface area contributed by atoms with Crippen LogP contribution >= 0.6 is 11.3 Å². The first-order valence-corrected chi connectivity index (χ1v) is 10.2. The van der Waals surface area contributed by atoms with Gasteiger partial charge in [0.25, 0.3) is 0 Å². The maximum absolute atomic E-state index is 12.4. The molecule has 0 N–H and O–H groups in total. The van der Waals surface area contributed by atoms with Crippen LogP contribution in [-0.4, -0.2) is 30.5 Å². The predicted molar refractivity (Wildman–Crippen MR) is 103 cm³/mol. The van der Waals surface area contributed by atoms with Crippen LogP contribution in [0.3, 0.4) is 0 Å². The van der Waals surface area contributed by atoms with Crippen molar-refractivity contribution < 1.29 is 9.53 Å². The van der Waals surface area contributed by atoms with E-state index in [9.17, 15) is 4.79 Å². The number of rotatable bonds is 7. The van der Waals surface area contributed by atoms with Gasteiger partial charge in [0.05, 0.1) is 13.0 Å². The van der Waals surface area contributed by atoms with Crippen LogP contribution in [0, 0.1) is 5.92 Å². The van der Waals surface area contributed by atoms with Gasteiger partial charge in [0.2, 0.25) is 5.91 Å². The fourth-order valence-corrected chi connectivity index (χ4v) is 4.11. The van der Waals surface area contributed by atoms with E-state index in [2.05, 4.69) is 29.6 Å². The summed E-state index contributed by atoms with van der Waals surface area (Å²) in [5.41, 5.74) is 2.52. The summed E-state index contributed by atoms with van der Waals surface area (Å²) in [4.78, 5) is 14.4. The summed E-state index contributed by atoms with van der Waals surface area (Å²) in [5.74, 6) is 1.96. The number of nitrogens with zero attached hydrogens (tertiary/aromatic N) is 1. The molecule has 1 aliphatic heterocycles. The molecule has 0 radical (unpaired) electrons. The van der Waals surface area contributed by atoms with Gasteiger partial charge < -0.3 is 9.64 Å². The van der Waals surface area contributed by atoms with E-state index in [1.807, 2.05) is 23.3 Å². The standard InChI is InChI=1S/C21H27NO2S/c1-2-24-20-7-5-17(6-8-20)3-4-18-9-12-22(13-10-18)21(23)15-19-11-14-25-16-19/h5-8,11,14,16,18H,2-4,9-10,12-13,15H2,1H3. The Hall–Kier alpha value is -1.81. The topological polar surface area (TPSA) is 29.5 Å². The second-order valence-corrected chi connectivity index (χ2v) is 7.53. The lowest BCUT2D eigenvalue weighted by Gasteiger charge is -2.32. The van der Waals surface area contributed by atoms with Crippen LogP contribution in [0.1, 0.15) is 37.3 Å². The van der Waals surface area contributed by atoms with Crippen molar-refractivity contribution in [1.82, 2.24) is 4.90 Å². The van der Waals surface area contributed by atoms with Crippen LogP contribution in [0.25, 0.3) is 0 Å². The van der Waals surface area contributed by atoms with Crippen LogP contribution in [0.4, 0.5) is 0 Å². The highest BCUT2D eigenvalue weighted by molar-refractivity contribution is 7.08. The number of aryl methyl sites for hydroxylation is 1. The minimum Gasteiger partial charge on any atom is -0.494 e. The van der Waals surface area contributed by atoms with Gasteiger partial charge in [-0.15, -0.1) is 0 Å². The summed E-state index contributed by atoms with van der Waals surface area (Å²) in [6.07, 6.45) is 5.14. The van der Waals surface area contributed by atoms with E-state index in [0.717, 1.165) is 49.6 Å². The lowest BCUT2D eigenvalue weighted by Crippen LogP contribution is -2.39. The number of thiophene rings is 1. The molecule has 3 nitrogen and oxygen atoms in total. The number of carbonyl (C=O) groups is 1. The summed E-state index contributed by atoms with van der Waals surface area (Å²) in [7, 11) is 0. The van der Waals surface area contributed by atoms with Gasteiger partial charge in [-0.1, -0.05) is 12.1 Å². The molecule has 1 aliphatic rings. The minimum absolute atomic E-state index is 0.281. The average molecular weight is 358 g/mol. The molecule has 134 valence electrons. The van der Waals surface area contributed by atoms with Crippen molar-refractivity contribution in [3.05, 3.63) is 52.2 Å². The van der Waals surface area contributed by atoms with Gasteiger partial charge in [-0.3, -0.25) is 4.79 Å². The van der Waals surface area contributed by atoms with Gasteiger partial charge in [-0.05, 0) is 78.6 Å². The maximum Gasteiger partial charge on any atom is 0.227 e. The number of benzene rings is 1. The first-order valence-electron chi connectivity index (χ1n) is 9.25. The summed E-state index contributed by atoms with van der Waals surface area (Å²) in [6, 6.07) is 10.5. The molecule has 1 aromatic heterocycles. The molecule has 1 fully saturated rings. The van der Waals surface area contributed by atoms with Crippen LogP contribution in [0.15, 0.2) is 41.1 Å². The lowest BCUT2D eigenvalue weighted by atomic mass is 9.90. The second kappa shape index (κ2) is 9.04. The molecule has 0 aliphatic carbocycles. The number of hydrogen-bond acceptors (Lipinski definition) is 3. The number of amides is 1. The molecule has 0 unspecified atom stereocenters. The first kappa shape index (κ1) is 18.0. The van der Waals surface area contributed by atoms with Crippen molar-refractivity contribution >= 4 is 17.2 Å². The molecule has 2 heterocycles. The van der Waals surface area contributed by atoms with Gasteiger partial charge in [0.15, 0.2) is 0 Å². The van der Waals surface area contributed by atoms with E-state index < -0.39 is 0 Å². The summed E-state index contributed by atoms with van der Waals surface area (Å²) in [6.45, 7) is 4.54. The Balaban J connectivity index is 1.39. The highest BCUT2D eigenvalue weighted by Gasteiger charge is 2.22. The zero-order valence-electron chi connectivity index (χ0n) is 14.9. The molecule has 4 heteroatoms. The quantitative estimate of drug-likeness (QED) is 0.727. The zero-order chi connectivity index (χ0) is 17.5. The molecule has 0 saturated carbocycles. The van der Waals surface area contributed by atoms with E-state index in [4.69, 9.17) is 4.74 Å². The first-order chi connectivity index (χ1) is 12.2. The smallest absolute Gasteiger partial charge is 0.227 e. The van der Waals surface area contributed by atoms with Gasteiger partial charge in [0.1, 0.15) is 5.75 Å². The van der Waals surface area contributed by atoms with Crippen molar-refractivity contribution in [3.63, 3.8) is 0 Å². The molecule has 0 spiro atoms. The largest absolute Gasteiger partial charge is 0.494 e. The third kappa shape index (κ3) is 5.33. The van der Waals surface area contributed by atoms with Gasteiger partial charge in [0, 0.05) is 13.1 Å². The SMILES string of the molecule is CCOc1ccc(CCC2CCN(C(=O)Cc3ccsc3)CC2)cc1. The maximum atomic E-state index is 12.4. The monoisotopic (exact) mass is 357 g/mol. The van der Waals surface area contributed by atoms with Crippen LogP contribution < -0.4 is 4.74 Å². The average Bonchev–Trinajstić information content (AvgIpc) is 3.15. The Morgan fingerprint density at radius 1 is 1.16 bits per heavy atom. The van der Waals surface area contributed by atoms with Crippen LogP contribution in [0.2, 0.25) is 0 Å². The third-order valence-corrected chi connectivity index (χ3v) is 5.71. The van der Waals surface area contributed by atoms with Crippen molar-refractivity contribution in [2.24, 2.45) is 5.92 Å². The van der Waals surface area contributed by atoms with Gasteiger partial charge >= 0.3 is 0 Å². The van der Waals surface area contributed by atoms with Crippen molar-refractivity contribution in [2.75, 3.05) is 19.7 Å². The second-order valence-electron chi connectivity index (χ2n) is 6.75. The van der Waals surface area contributed by atoms with E-state index in [0.29, 0.717) is 13.0 Å². The van der Waals surface area contributed by atoms with Gasteiger partial charge in [-0.2, -0.15) is 11.3 Å². The molecule has 1 aromatic carbocycles. The van der Waals surface area contributed by atoms with Crippen LogP contribution in [-0.2, 0) is 17.6 Å². The normalized spacial score (nSPS) is 15.3. The Morgan fingerprint density at radius 2 is 1.92 bits per heavy atom. The molecule has 1 saturated heterocycles. The summed E-state index contributed by atoms with van der Waals surface area (Å²) < 4.78 is 5.49. The zero-order valence-corrected chi connectivity index (χ0v) is 15.8. The van der Waals surface area contributed by atoms with E-state index in [1.54, 1.807) is 11.3 Å². The van der Waals surface area contributed by atoms with E-state index >= 15 is 0 Å². The number of likely N-dealkylation sites (tertiary alicyclic amines) is 1. The molecule has 1 amide bonds. The van der Waals surface area contributed by atoms with Crippen molar-refractivity contribution in [3.8, 4) is 5.75 Å². The Morgan fingerprint density at radius 3 is 2.56 bits per heavy atom. The highest BCUT2D eigenvalue weighted by Crippen LogP contribution is 2.24. The van der Waals surface area contributed by atoms with Crippen LogP contribution in [0.5, 0.6) is 5.75 Å². The number of ether oxygens (including phenoxy) is 1. The summed E-state index contributed by atoms with van der Waals surface area (Å²) in [5, 5.41) is 4.11. The molecular weight excluding hydrogens is 330 g/mol. The molecule has 0 atom stereocenters. The minimum atomic E-state index is 0.281. The molecule has 2 aromatic rings. The fraction of sp³-hybridized carbons (Fsp3) is 0.476. The van der Waals surface area contributed by atoms with E-state index in [1.165, 1.54) is 12.0 Å². The Labute approximate surface area is 154 Å². The molecule has 0 bridgehead atoms. The van der Waals surface area contributed by atoms with Crippen molar-refractivity contribution in [1.29, 1.82) is 0 Å². The molecule has 25 heavy (non-hydrogen) atoms. The summed E-state index contributed by atoms with van der Waals surface area (Å²) >= 11 is 1.66. The number of carbonyl (C=O) groups excluding carboxylic acids is 1. The Kier molecular flexibility index (Phi) is 6.51. The number of piperidine rings is 1. The van der Waals surface area contributed by atoms with Gasteiger partial charge in [-0.25, -0.2) is 0 Å². The highest BCUT2D eigenvalue weighted by atomic mass is 32.1. The third-order valence-electron chi connectivity index (χ3n) is 4.98. The fourth-order valence-electron chi connectivity index (χ4n) is 3.44. The molecule has 3 rings (SSSR count). The van der Waals surface area contributed by atoms with Crippen molar-refractivity contribution in [2.45, 2.75) is 39.0 Å². The molecular formula is C21H27NO2S. The number of hydrogen-bond donors (Lipinski definition) is 0. The Bertz CT molecular complexity index is 643. The predicted octanol–water partition coefficient (Wildman–Crippen LogP) is 4.56. The lowest BCUT2D eigenvalue weighted by molar-refractivity contribution is -0.131.